The monoisotopic (exact) mass is 395 g/mol. The Morgan fingerprint density at radius 1 is 1.18 bits per heavy atom. The predicted octanol–water partition coefficient (Wildman–Crippen LogP) is 2.58. The summed E-state index contributed by atoms with van der Waals surface area (Å²) in [7, 11) is 0. The molecule has 0 atom stereocenters. The van der Waals surface area contributed by atoms with Gasteiger partial charge in [-0.15, -0.1) is 6.58 Å². The summed E-state index contributed by atoms with van der Waals surface area (Å²) in [6.45, 7) is 3.73. The van der Waals surface area contributed by atoms with E-state index in [1.54, 1.807) is 36.4 Å². The maximum atomic E-state index is 12.5. The van der Waals surface area contributed by atoms with Crippen LogP contribution in [0.15, 0.2) is 60.7 Å². The van der Waals surface area contributed by atoms with E-state index in [4.69, 9.17) is 22.7 Å². The van der Waals surface area contributed by atoms with Crippen molar-refractivity contribution in [3.05, 3.63) is 66.3 Å². The van der Waals surface area contributed by atoms with Crippen molar-refractivity contribution in [2.24, 2.45) is 0 Å². The molecule has 0 radical (unpaired) electrons. The second kappa shape index (κ2) is 7.93. The average Bonchev–Trinajstić information content (AvgIpc) is 2.65. The number of nitrogens with two attached hydrogens (primary N) is 1. The molecule has 0 unspecified atom stereocenters. The molecule has 8 heteroatoms. The number of phenolic OH excluding ortho intramolecular Hbond substituents is 1. The average molecular weight is 395 g/mol. The lowest BCUT2D eigenvalue weighted by molar-refractivity contribution is -0.128. The van der Waals surface area contributed by atoms with Crippen molar-refractivity contribution in [2.75, 3.05) is 12.3 Å². The number of hydrogen-bond acceptors (Lipinski definition) is 6. The van der Waals surface area contributed by atoms with Gasteiger partial charge in [-0.2, -0.15) is 0 Å². The standard InChI is InChI=1S/C20H17N3O4S/c1-2-9-23-19(26)16(18(25)22-20(23)28)10-12-3-6-15(11-17(12)24)27-14-7-4-13(21)5-8-14/h2-8,10-11,24H,1,9,21H2,(H,22,25,28)/b16-10+. The number of nitrogens with zero attached hydrogens (tertiary/aromatic N) is 1. The van der Waals surface area contributed by atoms with Gasteiger partial charge in [-0.3, -0.25) is 19.8 Å². The molecule has 28 heavy (non-hydrogen) atoms. The SMILES string of the molecule is C=CCN1C(=O)/C(=C/c2ccc(Oc3ccc(N)cc3)cc2O)C(=O)NC1=S. The lowest BCUT2D eigenvalue weighted by Crippen LogP contribution is -2.53. The van der Waals surface area contributed by atoms with E-state index in [0.29, 0.717) is 17.2 Å². The van der Waals surface area contributed by atoms with Crippen LogP contribution in [0.3, 0.4) is 0 Å². The molecule has 0 aromatic heterocycles. The van der Waals surface area contributed by atoms with Crippen LogP contribution in [0, 0.1) is 0 Å². The van der Waals surface area contributed by atoms with Gasteiger partial charge in [0.25, 0.3) is 11.8 Å². The molecule has 7 nitrogen and oxygen atoms in total. The number of benzene rings is 2. The third-order valence-corrected chi connectivity index (χ3v) is 4.24. The second-order valence-corrected chi connectivity index (χ2v) is 6.30. The van der Waals surface area contributed by atoms with E-state index in [-0.39, 0.29) is 28.5 Å². The Hall–Kier alpha value is -3.65. The van der Waals surface area contributed by atoms with Crippen LogP contribution in [0.25, 0.3) is 6.08 Å². The van der Waals surface area contributed by atoms with Crippen LogP contribution in [0.4, 0.5) is 5.69 Å². The number of amides is 2. The number of hydrogen-bond donors (Lipinski definition) is 3. The lowest BCUT2D eigenvalue weighted by Gasteiger charge is -2.27. The van der Waals surface area contributed by atoms with E-state index in [2.05, 4.69) is 11.9 Å². The normalized spacial score (nSPS) is 15.5. The number of phenols is 1. The highest BCUT2D eigenvalue weighted by Gasteiger charge is 2.32. The van der Waals surface area contributed by atoms with Crippen LogP contribution in [0.2, 0.25) is 0 Å². The predicted molar refractivity (Wildman–Crippen MR) is 110 cm³/mol. The molecular formula is C20H17N3O4S. The highest BCUT2D eigenvalue weighted by molar-refractivity contribution is 7.80. The van der Waals surface area contributed by atoms with E-state index in [1.807, 2.05) is 0 Å². The van der Waals surface area contributed by atoms with Crippen molar-refractivity contribution in [3.8, 4) is 17.2 Å². The number of nitrogens with one attached hydrogen (secondary N) is 1. The summed E-state index contributed by atoms with van der Waals surface area (Å²) in [4.78, 5) is 25.9. The molecule has 2 aromatic carbocycles. The fourth-order valence-corrected chi connectivity index (χ4v) is 2.78. The lowest BCUT2D eigenvalue weighted by atomic mass is 10.1. The summed E-state index contributed by atoms with van der Waals surface area (Å²) in [5.74, 6) is -0.398. The molecule has 3 rings (SSSR count). The first-order valence-electron chi connectivity index (χ1n) is 8.25. The van der Waals surface area contributed by atoms with Crippen molar-refractivity contribution in [2.45, 2.75) is 0 Å². The number of anilines is 1. The zero-order valence-corrected chi connectivity index (χ0v) is 15.5. The largest absolute Gasteiger partial charge is 0.507 e. The van der Waals surface area contributed by atoms with Crippen molar-refractivity contribution in [1.29, 1.82) is 0 Å². The fraction of sp³-hybridized carbons (Fsp3) is 0.0500. The van der Waals surface area contributed by atoms with Gasteiger partial charge in [-0.1, -0.05) is 6.08 Å². The van der Waals surface area contributed by atoms with Gasteiger partial charge in [0.05, 0.1) is 0 Å². The maximum absolute atomic E-state index is 12.5. The Morgan fingerprint density at radius 2 is 1.86 bits per heavy atom. The van der Waals surface area contributed by atoms with Gasteiger partial charge in [-0.25, -0.2) is 0 Å². The van der Waals surface area contributed by atoms with Crippen LogP contribution in [-0.4, -0.2) is 33.5 Å². The number of ether oxygens (including phenoxy) is 1. The zero-order chi connectivity index (χ0) is 20.3. The molecule has 1 saturated heterocycles. The van der Waals surface area contributed by atoms with Gasteiger partial charge in [0.1, 0.15) is 22.8 Å². The topological polar surface area (TPSA) is 105 Å². The van der Waals surface area contributed by atoms with Crippen LogP contribution in [0.1, 0.15) is 5.56 Å². The summed E-state index contributed by atoms with van der Waals surface area (Å²) in [6.07, 6.45) is 2.80. The van der Waals surface area contributed by atoms with E-state index < -0.39 is 11.8 Å². The Kier molecular flexibility index (Phi) is 5.42. The molecule has 142 valence electrons. The van der Waals surface area contributed by atoms with Crippen LogP contribution >= 0.6 is 12.2 Å². The van der Waals surface area contributed by atoms with Crippen LogP contribution < -0.4 is 15.8 Å². The molecule has 4 N–H and O–H groups in total. The smallest absolute Gasteiger partial charge is 0.265 e. The molecule has 1 aliphatic rings. The van der Waals surface area contributed by atoms with Crippen LogP contribution in [-0.2, 0) is 9.59 Å². The highest BCUT2D eigenvalue weighted by Crippen LogP contribution is 2.30. The summed E-state index contributed by atoms with van der Waals surface area (Å²) in [6, 6.07) is 11.3. The Labute approximate surface area is 166 Å². The highest BCUT2D eigenvalue weighted by atomic mass is 32.1. The molecule has 2 aromatic rings. The van der Waals surface area contributed by atoms with E-state index in [1.165, 1.54) is 23.1 Å². The molecule has 1 heterocycles. The number of carbonyl (C=O) groups is 2. The van der Waals surface area contributed by atoms with Crippen molar-refractivity contribution in [3.63, 3.8) is 0 Å². The molecular weight excluding hydrogens is 378 g/mol. The minimum absolute atomic E-state index is 0.0171. The number of nitrogen functional groups attached to an aromatic ring is 1. The van der Waals surface area contributed by atoms with Crippen molar-refractivity contribution < 1.29 is 19.4 Å². The summed E-state index contributed by atoms with van der Waals surface area (Å²) in [5.41, 5.74) is 6.39. The van der Waals surface area contributed by atoms with E-state index in [0.717, 1.165) is 0 Å². The minimum atomic E-state index is -0.628. The number of aromatic hydroxyl groups is 1. The number of rotatable bonds is 5. The minimum Gasteiger partial charge on any atom is -0.507 e. The fourth-order valence-electron chi connectivity index (χ4n) is 2.53. The molecule has 0 spiro atoms. The third-order valence-electron chi connectivity index (χ3n) is 3.92. The van der Waals surface area contributed by atoms with Crippen molar-refractivity contribution >= 4 is 40.9 Å². The van der Waals surface area contributed by atoms with Gasteiger partial charge in [0.15, 0.2) is 5.11 Å². The van der Waals surface area contributed by atoms with Gasteiger partial charge in [0, 0.05) is 23.9 Å². The number of carbonyl (C=O) groups excluding carboxylic acids is 2. The van der Waals surface area contributed by atoms with Crippen molar-refractivity contribution in [1.82, 2.24) is 10.2 Å². The molecule has 2 amide bonds. The Morgan fingerprint density at radius 3 is 2.50 bits per heavy atom. The summed E-state index contributed by atoms with van der Waals surface area (Å²) < 4.78 is 5.65. The molecule has 1 aliphatic heterocycles. The second-order valence-electron chi connectivity index (χ2n) is 5.91. The Balaban J connectivity index is 1.86. The quantitative estimate of drug-likeness (QED) is 0.236. The summed E-state index contributed by atoms with van der Waals surface area (Å²) in [5, 5.41) is 12.8. The molecule has 0 aliphatic carbocycles. The van der Waals surface area contributed by atoms with Gasteiger partial charge >= 0.3 is 0 Å². The van der Waals surface area contributed by atoms with E-state index >= 15 is 0 Å². The van der Waals surface area contributed by atoms with Crippen LogP contribution in [0.5, 0.6) is 17.2 Å². The van der Waals surface area contributed by atoms with Gasteiger partial charge in [0.2, 0.25) is 0 Å². The number of thiocarbonyl (C=S) groups is 1. The maximum Gasteiger partial charge on any atom is 0.265 e. The first-order valence-corrected chi connectivity index (χ1v) is 8.66. The Bertz CT molecular complexity index is 999. The summed E-state index contributed by atoms with van der Waals surface area (Å²) >= 11 is 5.00. The third kappa shape index (κ3) is 4.02. The molecule has 1 fully saturated rings. The molecule has 0 saturated carbocycles. The van der Waals surface area contributed by atoms with Gasteiger partial charge < -0.3 is 15.6 Å². The zero-order valence-electron chi connectivity index (χ0n) is 14.7. The van der Waals surface area contributed by atoms with E-state index in [9.17, 15) is 14.7 Å². The molecule has 0 bridgehead atoms. The van der Waals surface area contributed by atoms with Gasteiger partial charge in [-0.05, 0) is 54.7 Å². The first-order chi connectivity index (χ1) is 13.4. The first kappa shape index (κ1) is 19.1.